The molecule has 18 heavy (non-hydrogen) atoms. The number of nitrogen functional groups attached to an aromatic ring is 1. The minimum absolute atomic E-state index is 0.746. The molecule has 0 spiro atoms. The SMILES string of the molecule is Nc1ccc2nc(NCC3CCCCS3)sc2c1. The lowest BCUT2D eigenvalue weighted by atomic mass is 10.2. The highest BCUT2D eigenvalue weighted by Crippen LogP contribution is 2.29. The number of nitrogens with two attached hydrogens (primary N) is 1. The molecule has 3 nitrogen and oxygen atoms in total. The van der Waals surface area contributed by atoms with Gasteiger partial charge in [-0.2, -0.15) is 11.8 Å². The number of hydrogen-bond acceptors (Lipinski definition) is 5. The highest BCUT2D eigenvalue weighted by atomic mass is 32.2. The molecular weight excluding hydrogens is 262 g/mol. The normalized spacial score (nSPS) is 20.1. The van der Waals surface area contributed by atoms with Crippen LogP contribution in [-0.4, -0.2) is 22.5 Å². The number of rotatable bonds is 3. The van der Waals surface area contributed by atoms with Crippen molar-refractivity contribution in [3.05, 3.63) is 18.2 Å². The molecule has 1 aliphatic heterocycles. The number of hydrogen-bond donors (Lipinski definition) is 2. The summed E-state index contributed by atoms with van der Waals surface area (Å²) in [5.41, 5.74) is 7.62. The first-order chi connectivity index (χ1) is 8.81. The second-order valence-corrected chi connectivity index (χ2v) is 7.05. The van der Waals surface area contributed by atoms with Crippen LogP contribution in [0.4, 0.5) is 10.8 Å². The van der Waals surface area contributed by atoms with Gasteiger partial charge >= 0.3 is 0 Å². The van der Waals surface area contributed by atoms with Crippen molar-refractivity contribution in [1.29, 1.82) is 0 Å². The molecule has 0 saturated carbocycles. The molecule has 2 aromatic rings. The van der Waals surface area contributed by atoms with E-state index in [-0.39, 0.29) is 0 Å². The van der Waals surface area contributed by atoms with Crippen LogP contribution in [0.5, 0.6) is 0 Å². The summed E-state index contributed by atoms with van der Waals surface area (Å²) < 4.78 is 1.16. The molecule has 1 aromatic carbocycles. The predicted octanol–water partition coefficient (Wildman–Crippen LogP) is 3.58. The molecule has 1 aromatic heterocycles. The highest BCUT2D eigenvalue weighted by molar-refractivity contribution is 7.99. The first-order valence-electron chi connectivity index (χ1n) is 6.33. The zero-order chi connectivity index (χ0) is 12.4. The highest BCUT2D eigenvalue weighted by Gasteiger charge is 2.14. The largest absolute Gasteiger partial charge is 0.399 e. The third-order valence-electron chi connectivity index (χ3n) is 3.17. The van der Waals surface area contributed by atoms with Gasteiger partial charge in [0, 0.05) is 17.5 Å². The van der Waals surface area contributed by atoms with E-state index in [2.05, 4.69) is 22.1 Å². The Morgan fingerprint density at radius 3 is 3.17 bits per heavy atom. The van der Waals surface area contributed by atoms with Crippen molar-refractivity contribution in [2.24, 2.45) is 0 Å². The minimum atomic E-state index is 0.746. The number of aromatic nitrogens is 1. The first-order valence-corrected chi connectivity index (χ1v) is 8.19. The molecule has 0 aliphatic carbocycles. The summed E-state index contributed by atoms with van der Waals surface area (Å²) >= 11 is 3.77. The van der Waals surface area contributed by atoms with Crippen LogP contribution in [-0.2, 0) is 0 Å². The van der Waals surface area contributed by atoms with Gasteiger partial charge in [-0.1, -0.05) is 17.8 Å². The van der Waals surface area contributed by atoms with E-state index >= 15 is 0 Å². The number of benzene rings is 1. The molecule has 5 heteroatoms. The molecule has 1 atom stereocenters. The molecule has 1 aliphatic rings. The van der Waals surface area contributed by atoms with Crippen LogP contribution in [0.3, 0.4) is 0 Å². The second kappa shape index (κ2) is 5.36. The maximum Gasteiger partial charge on any atom is 0.183 e. The lowest BCUT2D eigenvalue weighted by Crippen LogP contribution is -2.19. The first kappa shape index (κ1) is 12.1. The zero-order valence-corrected chi connectivity index (χ0v) is 11.8. The van der Waals surface area contributed by atoms with Gasteiger partial charge < -0.3 is 11.1 Å². The summed E-state index contributed by atoms with van der Waals surface area (Å²) in [4.78, 5) is 4.58. The van der Waals surface area contributed by atoms with E-state index in [4.69, 9.17) is 5.73 Å². The van der Waals surface area contributed by atoms with Crippen LogP contribution in [0.1, 0.15) is 19.3 Å². The summed E-state index contributed by atoms with van der Waals surface area (Å²) in [5, 5.41) is 5.23. The van der Waals surface area contributed by atoms with Crippen LogP contribution < -0.4 is 11.1 Å². The third-order valence-corrected chi connectivity index (χ3v) is 5.54. The monoisotopic (exact) mass is 279 g/mol. The summed E-state index contributed by atoms with van der Waals surface area (Å²) in [7, 11) is 0. The van der Waals surface area contributed by atoms with E-state index < -0.39 is 0 Å². The summed E-state index contributed by atoms with van der Waals surface area (Å²) in [5.74, 6) is 1.31. The van der Waals surface area contributed by atoms with Gasteiger partial charge in [0.25, 0.3) is 0 Å². The maximum atomic E-state index is 5.78. The van der Waals surface area contributed by atoms with Gasteiger partial charge in [-0.05, 0) is 36.8 Å². The fourth-order valence-corrected chi connectivity index (χ4v) is 4.35. The molecule has 3 rings (SSSR count). The van der Waals surface area contributed by atoms with Crippen molar-refractivity contribution in [2.75, 3.05) is 23.3 Å². The number of nitrogens with one attached hydrogen (secondary N) is 1. The van der Waals surface area contributed by atoms with Crippen LogP contribution >= 0.6 is 23.1 Å². The van der Waals surface area contributed by atoms with Crippen LogP contribution in [0, 0.1) is 0 Å². The number of anilines is 2. The topological polar surface area (TPSA) is 50.9 Å². The predicted molar refractivity (Wildman–Crippen MR) is 82.6 cm³/mol. The van der Waals surface area contributed by atoms with Gasteiger partial charge in [0.05, 0.1) is 10.2 Å². The molecule has 0 bridgehead atoms. The Kier molecular flexibility index (Phi) is 3.61. The molecule has 1 unspecified atom stereocenters. The van der Waals surface area contributed by atoms with E-state index in [9.17, 15) is 0 Å². The number of nitrogens with zero attached hydrogens (tertiary/aromatic N) is 1. The lowest BCUT2D eigenvalue weighted by Gasteiger charge is -2.21. The molecule has 1 fully saturated rings. The van der Waals surface area contributed by atoms with Crippen molar-refractivity contribution < 1.29 is 0 Å². The van der Waals surface area contributed by atoms with Crippen molar-refractivity contribution >= 4 is 44.1 Å². The smallest absolute Gasteiger partial charge is 0.183 e. The van der Waals surface area contributed by atoms with E-state index in [0.29, 0.717) is 0 Å². The second-order valence-electron chi connectivity index (χ2n) is 4.62. The average Bonchev–Trinajstić information content (AvgIpc) is 2.79. The third kappa shape index (κ3) is 2.72. The molecule has 96 valence electrons. The molecule has 3 N–H and O–H groups in total. The van der Waals surface area contributed by atoms with Gasteiger partial charge in [0.1, 0.15) is 0 Å². The van der Waals surface area contributed by atoms with E-state index in [1.807, 2.05) is 18.2 Å². The summed E-state index contributed by atoms with van der Waals surface area (Å²) in [6.45, 7) is 1.03. The maximum absolute atomic E-state index is 5.78. The molecule has 0 radical (unpaired) electrons. The molecule has 2 heterocycles. The fraction of sp³-hybridized carbons (Fsp3) is 0.462. The van der Waals surface area contributed by atoms with Gasteiger partial charge in [-0.3, -0.25) is 0 Å². The van der Waals surface area contributed by atoms with E-state index in [1.165, 1.54) is 25.0 Å². The van der Waals surface area contributed by atoms with Gasteiger partial charge in [-0.25, -0.2) is 4.98 Å². The van der Waals surface area contributed by atoms with Gasteiger partial charge in [-0.15, -0.1) is 0 Å². The lowest BCUT2D eigenvalue weighted by molar-refractivity contribution is 0.677. The van der Waals surface area contributed by atoms with Crippen molar-refractivity contribution in [3.63, 3.8) is 0 Å². The van der Waals surface area contributed by atoms with E-state index in [0.717, 1.165) is 32.8 Å². The zero-order valence-electron chi connectivity index (χ0n) is 10.2. The van der Waals surface area contributed by atoms with Crippen LogP contribution in [0.2, 0.25) is 0 Å². The Hall–Kier alpha value is -0.940. The number of thioether (sulfide) groups is 1. The Balaban J connectivity index is 1.67. The van der Waals surface area contributed by atoms with Crippen molar-refractivity contribution in [2.45, 2.75) is 24.5 Å². The Labute approximate surface area is 115 Å². The van der Waals surface area contributed by atoms with Crippen LogP contribution in [0.15, 0.2) is 18.2 Å². The Bertz CT molecular complexity index is 532. The summed E-state index contributed by atoms with van der Waals surface area (Å²) in [6, 6.07) is 5.89. The average molecular weight is 279 g/mol. The fourth-order valence-electron chi connectivity index (χ4n) is 2.19. The van der Waals surface area contributed by atoms with Crippen LogP contribution in [0.25, 0.3) is 10.2 Å². The minimum Gasteiger partial charge on any atom is -0.399 e. The van der Waals surface area contributed by atoms with E-state index in [1.54, 1.807) is 11.3 Å². The number of fused-ring (bicyclic) bond motifs is 1. The Morgan fingerprint density at radius 2 is 2.33 bits per heavy atom. The molecular formula is C13H17N3S2. The molecule has 0 amide bonds. The summed E-state index contributed by atoms with van der Waals surface area (Å²) in [6.07, 6.45) is 4.08. The van der Waals surface area contributed by atoms with Gasteiger partial charge in [0.2, 0.25) is 0 Å². The quantitative estimate of drug-likeness (QED) is 0.843. The van der Waals surface area contributed by atoms with Crippen molar-refractivity contribution in [3.8, 4) is 0 Å². The number of thiazole rings is 1. The van der Waals surface area contributed by atoms with Crippen molar-refractivity contribution in [1.82, 2.24) is 4.98 Å². The Morgan fingerprint density at radius 1 is 1.39 bits per heavy atom. The standard InChI is InChI=1S/C13H17N3S2/c14-9-4-5-11-12(7-9)18-13(16-11)15-8-10-3-1-2-6-17-10/h4-5,7,10H,1-3,6,8,14H2,(H,15,16). The van der Waals surface area contributed by atoms with Gasteiger partial charge in [0.15, 0.2) is 5.13 Å². The molecule has 1 saturated heterocycles.